The number of rotatable bonds is 11. The van der Waals surface area contributed by atoms with Crippen LogP contribution in [0.15, 0.2) is 29.3 Å². The Labute approximate surface area is 172 Å². The number of benzene rings is 1. The molecule has 1 aromatic carbocycles. The van der Waals surface area contributed by atoms with Crippen LogP contribution in [0.2, 0.25) is 0 Å². The number of hydrogen-bond donors (Lipinski definition) is 2. The number of hydrogen-bond acceptors (Lipinski definition) is 5. The van der Waals surface area contributed by atoms with Crippen LogP contribution >= 0.6 is 11.8 Å². The highest BCUT2D eigenvalue weighted by molar-refractivity contribution is 7.98. The molecule has 0 atom stereocenters. The van der Waals surface area contributed by atoms with E-state index in [1.165, 1.54) is 5.56 Å². The average molecular weight is 405 g/mol. The molecule has 0 fully saturated rings. The van der Waals surface area contributed by atoms with Gasteiger partial charge in [-0.05, 0) is 56.4 Å². The van der Waals surface area contributed by atoms with Gasteiger partial charge in [0.25, 0.3) is 0 Å². The van der Waals surface area contributed by atoms with Crippen LogP contribution in [0.25, 0.3) is 0 Å². The molecular weight excluding hydrogens is 372 g/mol. The summed E-state index contributed by atoms with van der Waals surface area (Å²) >= 11 is 1.85. The second-order valence-electron chi connectivity index (χ2n) is 6.42. The van der Waals surface area contributed by atoms with Crippen LogP contribution in [0.3, 0.4) is 0 Å². The highest BCUT2D eigenvalue weighted by Crippen LogP contribution is 2.13. The minimum Gasteiger partial charge on any atom is -0.494 e. The Hall–Kier alpha value is -2.22. The molecule has 1 heterocycles. The van der Waals surface area contributed by atoms with Crippen LogP contribution in [0, 0.1) is 6.92 Å². The fourth-order valence-electron chi connectivity index (χ4n) is 2.62. The van der Waals surface area contributed by atoms with Crippen molar-refractivity contribution in [1.82, 2.24) is 25.4 Å². The fourth-order valence-corrected chi connectivity index (χ4v) is 3.05. The molecule has 0 saturated carbocycles. The van der Waals surface area contributed by atoms with Gasteiger partial charge < -0.3 is 19.9 Å². The second-order valence-corrected chi connectivity index (χ2v) is 7.40. The first kappa shape index (κ1) is 22.1. The lowest BCUT2D eigenvalue weighted by Crippen LogP contribution is -2.39. The lowest BCUT2D eigenvalue weighted by molar-refractivity contribution is 0.340. The van der Waals surface area contributed by atoms with Crippen LogP contribution in [0.4, 0.5) is 0 Å². The normalized spacial score (nSPS) is 11.5. The number of aliphatic imine (C=N–C) groups is 1. The summed E-state index contributed by atoms with van der Waals surface area (Å²) in [6.45, 7) is 6.80. The number of nitrogens with one attached hydrogen (secondary N) is 2. The Kier molecular flexibility index (Phi) is 9.68. The predicted octanol–water partition coefficient (Wildman–Crippen LogP) is 2.55. The first-order chi connectivity index (χ1) is 13.6. The summed E-state index contributed by atoms with van der Waals surface area (Å²) in [6, 6.07) is 8.24. The fraction of sp³-hybridized carbons (Fsp3) is 0.550. The number of nitrogens with zero attached hydrogens (tertiary/aromatic N) is 4. The molecule has 0 aliphatic rings. The molecule has 0 amide bonds. The molecule has 2 rings (SSSR count). The van der Waals surface area contributed by atoms with Crippen LogP contribution in [-0.4, -0.2) is 52.4 Å². The molecule has 0 aliphatic carbocycles. The highest BCUT2D eigenvalue weighted by Gasteiger charge is 2.05. The second kappa shape index (κ2) is 12.3. The van der Waals surface area contributed by atoms with Crippen LogP contribution in [-0.2, 0) is 20.0 Å². The number of aromatic nitrogens is 3. The van der Waals surface area contributed by atoms with E-state index >= 15 is 0 Å². The minimum atomic E-state index is 0.495. The topological polar surface area (TPSA) is 76.4 Å². The number of guanidine groups is 1. The maximum Gasteiger partial charge on any atom is 0.191 e. The standard InChI is InChI=1S/C20H32N6OS/c1-5-27-18-9-6-8-17(14-18)10-12-22-20(21-11-7-13-28-4)23-15-19-25-24-16(2)26(19)3/h6,8-9,14H,5,7,10-13,15H2,1-4H3,(H2,21,22,23). The Morgan fingerprint density at radius 2 is 2.07 bits per heavy atom. The number of aryl methyl sites for hydroxylation is 1. The molecule has 2 N–H and O–H groups in total. The smallest absolute Gasteiger partial charge is 0.191 e. The summed E-state index contributed by atoms with van der Waals surface area (Å²) in [5, 5.41) is 15.1. The van der Waals surface area contributed by atoms with E-state index in [9.17, 15) is 0 Å². The van der Waals surface area contributed by atoms with E-state index in [1.807, 2.05) is 49.4 Å². The molecule has 1 aromatic heterocycles. The van der Waals surface area contributed by atoms with Crippen molar-refractivity contribution in [2.45, 2.75) is 33.2 Å². The minimum absolute atomic E-state index is 0.495. The van der Waals surface area contributed by atoms with Crippen molar-refractivity contribution in [2.75, 3.05) is 31.7 Å². The number of ether oxygens (including phenoxy) is 1. The molecule has 0 radical (unpaired) electrons. The molecule has 7 nitrogen and oxygen atoms in total. The molecule has 8 heteroatoms. The van der Waals surface area contributed by atoms with E-state index in [-0.39, 0.29) is 0 Å². The predicted molar refractivity (Wildman–Crippen MR) is 117 cm³/mol. The molecule has 28 heavy (non-hydrogen) atoms. The lowest BCUT2D eigenvalue weighted by Gasteiger charge is -2.13. The molecule has 0 spiro atoms. The first-order valence-electron chi connectivity index (χ1n) is 9.71. The van der Waals surface area contributed by atoms with E-state index in [2.05, 4.69) is 44.2 Å². The largest absolute Gasteiger partial charge is 0.494 e. The van der Waals surface area contributed by atoms with Crippen molar-refractivity contribution in [3.63, 3.8) is 0 Å². The van der Waals surface area contributed by atoms with Gasteiger partial charge in [0.05, 0.1) is 6.61 Å². The van der Waals surface area contributed by atoms with Gasteiger partial charge in [0, 0.05) is 20.1 Å². The third-order valence-corrected chi connectivity index (χ3v) is 4.99. The van der Waals surface area contributed by atoms with Crippen molar-refractivity contribution >= 4 is 17.7 Å². The molecular formula is C20H32N6OS. The zero-order valence-electron chi connectivity index (χ0n) is 17.4. The van der Waals surface area contributed by atoms with Gasteiger partial charge in [-0.15, -0.1) is 10.2 Å². The summed E-state index contributed by atoms with van der Waals surface area (Å²) in [5.74, 6) is 4.60. The van der Waals surface area contributed by atoms with E-state index in [0.717, 1.165) is 55.0 Å². The maximum atomic E-state index is 5.58. The van der Waals surface area contributed by atoms with Gasteiger partial charge in [-0.3, -0.25) is 0 Å². The molecule has 2 aromatic rings. The lowest BCUT2D eigenvalue weighted by atomic mass is 10.1. The van der Waals surface area contributed by atoms with Crippen molar-refractivity contribution in [3.8, 4) is 5.75 Å². The summed E-state index contributed by atoms with van der Waals surface area (Å²) in [6.07, 6.45) is 4.12. The quantitative estimate of drug-likeness (QED) is 0.341. The first-order valence-corrected chi connectivity index (χ1v) is 11.1. The van der Waals surface area contributed by atoms with Crippen molar-refractivity contribution in [2.24, 2.45) is 12.0 Å². The van der Waals surface area contributed by atoms with Crippen LogP contribution in [0.1, 0.15) is 30.6 Å². The van der Waals surface area contributed by atoms with Gasteiger partial charge in [-0.2, -0.15) is 11.8 Å². The molecule has 0 saturated heterocycles. The zero-order chi connectivity index (χ0) is 20.2. The SMILES string of the molecule is CCOc1cccc(CCNC(=NCc2nnc(C)n2C)NCCCSC)c1. The van der Waals surface area contributed by atoms with E-state index < -0.39 is 0 Å². The van der Waals surface area contributed by atoms with Gasteiger partial charge in [-0.25, -0.2) is 4.99 Å². The van der Waals surface area contributed by atoms with Crippen LogP contribution < -0.4 is 15.4 Å². The van der Waals surface area contributed by atoms with Crippen molar-refractivity contribution in [3.05, 3.63) is 41.5 Å². The van der Waals surface area contributed by atoms with E-state index in [4.69, 9.17) is 4.74 Å². The van der Waals surface area contributed by atoms with Gasteiger partial charge in [-0.1, -0.05) is 12.1 Å². The third-order valence-electron chi connectivity index (χ3n) is 4.29. The Morgan fingerprint density at radius 1 is 1.25 bits per heavy atom. The monoisotopic (exact) mass is 404 g/mol. The summed E-state index contributed by atoms with van der Waals surface area (Å²) < 4.78 is 7.54. The zero-order valence-corrected chi connectivity index (χ0v) is 18.2. The third kappa shape index (κ3) is 7.42. The Morgan fingerprint density at radius 3 is 2.79 bits per heavy atom. The molecule has 0 unspecified atom stereocenters. The summed E-state index contributed by atoms with van der Waals surface area (Å²) in [7, 11) is 1.96. The number of thioether (sulfide) groups is 1. The van der Waals surface area contributed by atoms with Gasteiger partial charge in [0.2, 0.25) is 0 Å². The molecule has 0 aliphatic heterocycles. The van der Waals surface area contributed by atoms with Gasteiger partial charge in [0.1, 0.15) is 18.1 Å². The Bertz CT molecular complexity index is 746. The summed E-state index contributed by atoms with van der Waals surface area (Å²) in [4.78, 5) is 4.68. The molecule has 154 valence electrons. The highest BCUT2D eigenvalue weighted by atomic mass is 32.2. The molecule has 0 bridgehead atoms. The van der Waals surface area contributed by atoms with Gasteiger partial charge >= 0.3 is 0 Å². The summed E-state index contributed by atoms with van der Waals surface area (Å²) in [5.41, 5.74) is 1.24. The van der Waals surface area contributed by atoms with E-state index in [1.54, 1.807) is 0 Å². The van der Waals surface area contributed by atoms with Gasteiger partial charge in [0.15, 0.2) is 11.8 Å². The van der Waals surface area contributed by atoms with Crippen molar-refractivity contribution in [1.29, 1.82) is 0 Å². The van der Waals surface area contributed by atoms with E-state index in [0.29, 0.717) is 13.2 Å². The Balaban J connectivity index is 1.91. The maximum absolute atomic E-state index is 5.58. The van der Waals surface area contributed by atoms with Crippen molar-refractivity contribution < 1.29 is 4.74 Å². The van der Waals surface area contributed by atoms with Crippen LogP contribution in [0.5, 0.6) is 5.75 Å². The average Bonchev–Trinajstić information content (AvgIpc) is 3.01.